The normalized spacial score (nSPS) is 14.0. The van der Waals surface area contributed by atoms with Gasteiger partial charge in [0, 0.05) is 61.7 Å². The summed E-state index contributed by atoms with van der Waals surface area (Å²) in [6, 6.07) is 24.4. The molecule has 1 fully saturated rings. The molecule has 5 aromatic rings. The van der Waals surface area contributed by atoms with E-state index in [0.29, 0.717) is 24.5 Å². The van der Waals surface area contributed by atoms with Gasteiger partial charge >= 0.3 is 0 Å². The SMILES string of the molecule is O=C(c1csc(CSc2nnc(-c3cccnc3)n2-c2ccccc2)n1)N1CCN(Cc2ccccc2)CC1. The molecule has 0 atom stereocenters. The first-order valence-electron chi connectivity index (χ1n) is 12.8. The minimum atomic E-state index is 0.00757. The molecule has 0 N–H and O–H groups in total. The predicted octanol–water partition coefficient (Wildman–Crippen LogP) is 5.04. The van der Waals surface area contributed by atoms with Gasteiger partial charge in [0.2, 0.25) is 0 Å². The standard InChI is InChI=1S/C29H27N7OS2/c37-28(35-16-14-34(15-17-35)19-22-8-3-1-4-9-22)25-20-38-26(31-25)21-39-29-33-32-27(23-10-7-13-30-18-23)36(29)24-11-5-2-6-12-24/h1-13,18,20H,14-17,19,21H2. The third kappa shape index (κ3) is 5.93. The van der Waals surface area contributed by atoms with Gasteiger partial charge in [-0.25, -0.2) is 4.98 Å². The van der Waals surface area contributed by atoms with Gasteiger partial charge in [0.05, 0.1) is 5.75 Å². The average molecular weight is 554 g/mol. The highest BCUT2D eigenvalue weighted by Gasteiger charge is 2.24. The molecule has 1 saturated heterocycles. The van der Waals surface area contributed by atoms with Crippen LogP contribution in [-0.4, -0.2) is 66.6 Å². The molecule has 39 heavy (non-hydrogen) atoms. The molecule has 8 nitrogen and oxygen atoms in total. The van der Waals surface area contributed by atoms with Crippen molar-refractivity contribution in [3.63, 3.8) is 0 Å². The highest BCUT2D eigenvalue weighted by Crippen LogP contribution is 2.30. The minimum absolute atomic E-state index is 0.00757. The molecule has 1 amide bonds. The molecule has 4 heterocycles. The Morgan fingerprint density at radius 1 is 0.897 bits per heavy atom. The second-order valence-electron chi connectivity index (χ2n) is 9.19. The lowest BCUT2D eigenvalue weighted by Gasteiger charge is -2.34. The number of benzene rings is 2. The largest absolute Gasteiger partial charge is 0.335 e. The summed E-state index contributed by atoms with van der Waals surface area (Å²) in [5, 5.41) is 12.5. The van der Waals surface area contributed by atoms with E-state index in [0.717, 1.165) is 46.9 Å². The fraction of sp³-hybridized carbons (Fsp3) is 0.207. The molecule has 0 radical (unpaired) electrons. The highest BCUT2D eigenvalue weighted by molar-refractivity contribution is 7.98. The number of para-hydroxylation sites is 1. The van der Waals surface area contributed by atoms with Crippen LogP contribution in [0.5, 0.6) is 0 Å². The predicted molar refractivity (Wildman–Crippen MR) is 154 cm³/mol. The summed E-state index contributed by atoms with van der Waals surface area (Å²) in [5.41, 5.74) is 3.69. The van der Waals surface area contributed by atoms with Crippen LogP contribution in [0, 0.1) is 0 Å². The Hall–Kier alpha value is -3.86. The third-order valence-electron chi connectivity index (χ3n) is 6.57. The van der Waals surface area contributed by atoms with Crippen molar-refractivity contribution in [2.45, 2.75) is 17.5 Å². The number of hydrogen-bond acceptors (Lipinski definition) is 8. The molecule has 196 valence electrons. The van der Waals surface area contributed by atoms with E-state index in [-0.39, 0.29) is 5.91 Å². The monoisotopic (exact) mass is 553 g/mol. The first-order chi connectivity index (χ1) is 19.2. The number of rotatable bonds is 8. The Balaban J connectivity index is 1.10. The van der Waals surface area contributed by atoms with Crippen molar-refractivity contribution < 1.29 is 4.79 Å². The summed E-state index contributed by atoms with van der Waals surface area (Å²) in [5.74, 6) is 1.34. The second kappa shape index (κ2) is 11.9. The van der Waals surface area contributed by atoms with E-state index in [9.17, 15) is 4.79 Å². The summed E-state index contributed by atoms with van der Waals surface area (Å²) < 4.78 is 2.04. The molecule has 0 spiro atoms. The van der Waals surface area contributed by atoms with Crippen LogP contribution in [0.2, 0.25) is 0 Å². The van der Waals surface area contributed by atoms with Gasteiger partial charge in [0.1, 0.15) is 10.7 Å². The van der Waals surface area contributed by atoms with Gasteiger partial charge in [-0.2, -0.15) is 0 Å². The molecule has 10 heteroatoms. The molecular formula is C29H27N7OS2. The van der Waals surface area contributed by atoms with E-state index in [4.69, 9.17) is 0 Å². The minimum Gasteiger partial charge on any atom is -0.335 e. The van der Waals surface area contributed by atoms with Crippen molar-refractivity contribution >= 4 is 29.0 Å². The second-order valence-corrected chi connectivity index (χ2v) is 11.1. The molecule has 0 saturated carbocycles. The smallest absolute Gasteiger partial charge is 0.273 e. The Morgan fingerprint density at radius 2 is 1.67 bits per heavy atom. The zero-order chi connectivity index (χ0) is 26.4. The van der Waals surface area contributed by atoms with Crippen LogP contribution in [0.1, 0.15) is 21.1 Å². The summed E-state index contributed by atoms with van der Waals surface area (Å²) in [6.07, 6.45) is 3.53. The molecule has 1 aliphatic heterocycles. The number of carbonyl (C=O) groups is 1. The first kappa shape index (κ1) is 25.4. The maximum Gasteiger partial charge on any atom is 0.273 e. The zero-order valence-corrected chi connectivity index (χ0v) is 22.9. The lowest BCUT2D eigenvalue weighted by atomic mass is 10.2. The quantitative estimate of drug-likeness (QED) is 0.249. The summed E-state index contributed by atoms with van der Waals surface area (Å²) in [7, 11) is 0. The number of aromatic nitrogens is 5. The molecule has 6 rings (SSSR count). The van der Waals surface area contributed by atoms with Crippen molar-refractivity contribution in [2.75, 3.05) is 26.2 Å². The van der Waals surface area contributed by atoms with Gasteiger partial charge in [-0.15, -0.1) is 21.5 Å². The van der Waals surface area contributed by atoms with E-state index in [1.807, 2.05) is 63.4 Å². The van der Waals surface area contributed by atoms with E-state index in [1.54, 1.807) is 24.2 Å². The van der Waals surface area contributed by atoms with E-state index < -0.39 is 0 Å². The van der Waals surface area contributed by atoms with Crippen LogP contribution in [0.4, 0.5) is 0 Å². The Labute approximate surface area is 235 Å². The van der Waals surface area contributed by atoms with Crippen LogP contribution >= 0.6 is 23.1 Å². The van der Waals surface area contributed by atoms with Crippen LogP contribution in [0.3, 0.4) is 0 Å². The molecule has 0 bridgehead atoms. The maximum atomic E-state index is 13.2. The number of piperazine rings is 1. The molecule has 3 aromatic heterocycles. The van der Waals surface area contributed by atoms with E-state index in [1.165, 1.54) is 16.9 Å². The van der Waals surface area contributed by atoms with Gasteiger partial charge in [-0.3, -0.25) is 19.2 Å². The summed E-state index contributed by atoms with van der Waals surface area (Å²) in [4.78, 5) is 26.4. The number of thioether (sulfide) groups is 1. The van der Waals surface area contributed by atoms with Crippen molar-refractivity contribution in [2.24, 2.45) is 0 Å². The van der Waals surface area contributed by atoms with Crippen molar-refractivity contribution in [1.29, 1.82) is 0 Å². The van der Waals surface area contributed by atoms with Crippen LogP contribution in [-0.2, 0) is 12.3 Å². The van der Waals surface area contributed by atoms with Gasteiger partial charge in [-0.1, -0.05) is 60.3 Å². The van der Waals surface area contributed by atoms with Crippen LogP contribution < -0.4 is 0 Å². The first-order valence-corrected chi connectivity index (χ1v) is 14.6. The lowest BCUT2D eigenvalue weighted by Crippen LogP contribution is -2.48. The fourth-order valence-corrected chi connectivity index (χ4v) is 6.31. The lowest BCUT2D eigenvalue weighted by molar-refractivity contribution is 0.0623. The zero-order valence-electron chi connectivity index (χ0n) is 21.3. The van der Waals surface area contributed by atoms with Crippen molar-refractivity contribution in [3.8, 4) is 17.1 Å². The topological polar surface area (TPSA) is 80.0 Å². The van der Waals surface area contributed by atoms with Crippen LogP contribution in [0.25, 0.3) is 17.1 Å². The number of carbonyl (C=O) groups excluding carboxylic acids is 1. The van der Waals surface area contributed by atoms with Crippen LogP contribution in [0.15, 0.2) is 95.7 Å². The maximum absolute atomic E-state index is 13.2. The Morgan fingerprint density at radius 3 is 2.41 bits per heavy atom. The highest BCUT2D eigenvalue weighted by atomic mass is 32.2. The van der Waals surface area contributed by atoms with Gasteiger partial charge in [0.25, 0.3) is 5.91 Å². The summed E-state index contributed by atoms with van der Waals surface area (Å²) in [6.45, 7) is 4.07. The Kier molecular flexibility index (Phi) is 7.75. The molecular weight excluding hydrogens is 527 g/mol. The number of hydrogen-bond donors (Lipinski definition) is 0. The van der Waals surface area contributed by atoms with Crippen molar-refractivity contribution in [1.82, 2.24) is 34.5 Å². The molecule has 1 aliphatic rings. The fourth-order valence-electron chi connectivity index (χ4n) is 4.57. The van der Waals surface area contributed by atoms with Crippen molar-refractivity contribution in [3.05, 3.63) is 107 Å². The number of nitrogens with zero attached hydrogens (tertiary/aromatic N) is 7. The number of thiazole rings is 1. The van der Waals surface area contributed by atoms with E-state index >= 15 is 0 Å². The van der Waals surface area contributed by atoms with Gasteiger partial charge < -0.3 is 4.90 Å². The van der Waals surface area contributed by atoms with E-state index in [2.05, 4.69) is 49.3 Å². The Bertz CT molecular complexity index is 1520. The molecule has 0 unspecified atom stereocenters. The third-order valence-corrected chi connectivity index (χ3v) is 8.54. The summed E-state index contributed by atoms with van der Waals surface area (Å²) >= 11 is 3.07. The van der Waals surface area contributed by atoms with Gasteiger partial charge in [-0.05, 0) is 29.8 Å². The number of pyridine rings is 1. The number of amides is 1. The average Bonchev–Trinajstić information content (AvgIpc) is 3.65. The molecule has 0 aliphatic carbocycles. The molecule has 2 aromatic carbocycles. The van der Waals surface area contributed by atoms with Gasteiger partial charge in [0.15, 0.2) is 11.0 Å².